The van der Waals surface area contributed by atoms with Crippen LogP contribution in [-0.4, -0.2) is 40.4 Å². The quantitative estimate of drug-likeness (QED) is 0.160. The second-order valence-corrected chi connectivity index (χ2v) is 17.7. The molecule has 2 atom stereocenters. The zero-order chi connectivity index (χ0) is 42.8. The molecule has 0 fully saturated rings. The Bertz CT molecular complexity index is 3750. The van der Waals surface area contributed by atoms with Gasteiger partial charge in [-0.25, -0.2) is 15.0 Å². The van der Waals surface area contributed by atoms with Crippen molar-refractivity contribution in [1.29, 1.82) is 0 Å². The molecule has 2 aliphatic rings. The minimum Gasteiger partial charge on any atom is -0.310 e. The molecule has 13 rings (SSSR count). The van der Waals surface area contributed by atoms with Gasteiger partial charge in [0.25, 0.3) is 0 Å². The molecule has 8 aromatic carbocycles. The van der Waals surface area contributed by atoms with Crippen molar-refractivity contribution >= 4 is 61.7 Å². The predicted octanol–water partition coefficient (Wildman–Crippen LogP) is 12.1. The van der Waals surface area contributed by atoms with Gasteiger partial charge in [0.15, 0.2) is 17.5 Å². The highest BCUT2D eigenvalue weighted by molar-refractivity contribution is 8.15. The number of hydrogen-bond acceptors (Lipinski definition) is 5. The van der Waals surface area contributed by atoms with Crippen molar-refractivity contribution in [2.24, 2.45) is 4.99 Å². The molecule has 11 aromatic rings. The zero-order valence-corrected chi connectivity index (χ0v) is 35.8. The Morgan fingerprint density at radius 3 is 1.57 bits per heavy atom. The third kappa shape index (κ3) is 6.42. The molecule has 2 unspecified atom stereocenters. The molecule has 1 aliphatic heterocycles. The van der Waals surface area contributed by atoms with Gasteiger partial charge in [-0.05, 0) is 71.8 Å². The molecular weight excluding hydrogens is 813 g/mol. The molecular formula is C58H38N6S. The number of thioether (sulfide) groups is 1. The van der Waals surface area contributed by atoms with Crippen molar-refractivity contribution in [2.45, 2.75) is 11.3 Å². The van der Waals surface area contributed by atoms with E-state index in [0.717, 1.165) is 44.1 Å². The van der Waals surface area contributed by atoms with E-state index in [-0.39, 0.29) is 11.3 Å². The highest BCUT2D eigenvalue weighted by Crippen LogP contribution is 2.38. The number of benzene rings is 8. The Hall–Kier alpha value is -8.13. The van der Waals surface area contributed by atoms with Crippen molar-refractivity contribution in [3.05, 3.63) is 222 Å². The Morgan fingerprint density at radius 1 is 0.369 bits per heavy atom. The molecule has 0 saturated heterocycles. The lowest BCUT2D eigenvalue weighted by Crippen LogP contribution is -2.37. The van der Waals surface area contributed by atoms with E-state index in [1.165, 1.54) is 48.9 Å². The molecule has 7 heteroatoms. The van der Waals surface area contributed by atoms with Crippen LogP contribution in [0.5, 0.6) is 0 Å². The number of rotatable bonds is 7. The SMILES string of the molecule is C1=c2c(n(-c3ccccc3)c3ccc(-c4ccc5c(c4)c4ccccc4n5-c4cccc(-c5nc(-c6ccccc6)nc(-c6ccccc6)n5)c4)cc23)=CC2N=C(c3ccccc3)SC12. The Balaban J connectivity index is 0.928. The van der Waals surface area contributed by atoms with Gasteiger partial charge in [-0.3, -0.25) is 4.99 Å². The van der Waals surface area contributed by atoms with Gasteiger partial charge >= 0.3 is 0 Å². The van der Waals surface area contributed by atoms with Crippen molar-refractivity contribution in [3.63, 3.8) is 0 Å². The number of aromatic nitrogens is 5. The Kier molecular flexibility index (Phi) is 8.81. The molecule has 0 N–H and O–H groups in total. The lowest BCUT2D eigenvalue weighted by atomic mass is 10.00. The van der Waals surface area contributed by atoms with Crippen molar-refractivity contribution < 1.29 is 0 Å². The second-order valence-electron chi connectivity index (χ2n) is 16.6. The van der Waals surface area contributed by atoms with Crippen LogP contribution in [0, 0.1) is 0 Å². The number of nitrogens with zero attached hydrogens (tertiary/aromatic N) is 6. The molecule has 65 heavy (non-hydrogen) atoms. The monoisotopic (exact) mass is 850 g/mol. The summed E-state index contributed by atoms with van der Waals surface area (Å²) in [5, 5.41) is 7.45. The molecule has 1 aliphatic carbocycles. The Morgan fingerprint density at radius 2 is 0.892 bits per heavy atom. The van der Waals surface area contributed by atoms with Gasteiger partial charge in [0.05, 0.1) is 38.2 Å². The minimum atomic E-state index is 0.0742. The lowest BCUT2D eigenvalue weighted by molar-refractivity contribution is 0.907. The van der Waals surface area contributed by atoms with E-state index in [9.17, 15) is 0 Å². The summed E-state index contributed by atoms with van der Waals surface area (Å²) in [6, 6.07) is 72.7. The van der Waals surface area contributed by atoms with E-state index in [1.54, 1.807) is 0 Å². The summed E-state index contributed by atoms with van der Waals surface area (Å²) in [5.41, 5.74) is 12.0. The van der Waals surface area contributed by atoms with Crippen LogP contribution in [0.4, 0.5) is 0 Å². The molecule has 6 nitrogen and oxygen atoms in total. The summed E-state index contributed by atoms with van der Waals surface area (Å²) < 4.78 is 4.77. The Labute approximate surface area is 379 Å². The molecule has 0 saturated carbocycles. The number of hydrogen-bond donors (Lipinski definition) is 0. The zero-order valence-electron chi connectivity index (χ0n) is 35.0. The molecule has 0 spiro atoms. The van der Waals surface area contributed by atoms with Crippen molar-refractivity contribution in [1.82, 2.24) is 24.1 Å². The topological polar surface area (TPSA) is 60.9 Å². The maximum Gasteiger partial charge on any atom is 0.164 e. The molecule has 4 heterocycles. The van der Waals surface area contributed by atoms with E-state index in [0.29, 0.717) is 17.5 Å². The highest BCUT2D eigenvalue weighted by atomic mass is 32.2. The van der Waals surface area contributed by atoms with Crippen LogP contribution in [0.3, 0.4) is 0 Å². The van der Waals surface area contributed by atoms with Gasteiger partial charge in [-0.1, -0.05) is 169 Å². The number of para-hydroxylation sites is 2. The highest BCUT2D eigenvalue weighted by Gasteiger charge is 2.31. The van der Waals surface area contributed by atoms with E-state index in [4.69, 9.17) is 19.9 Å². The summed E-state index contributed by atoms with van der Waals surface area (Å²) in [4.78, 5) is 20.3. The van der Waals surface area contributed by atoms with E-state index in [1.807, 2.05) is 72.4 Å². The molecule has 0 amide bonds. The van der Waals surface area contributed by atoms with Crippen LogP contribution >= 0.6 is 11.8 Å². The predicted molar refractivity (Wildman–Crippen MR) is 269 cm³/mol. The summed E-state index contributed by atoms with van der Waals surface area (Å²) >= 11 is 1.87. The van der Waals surface area contributed by atoms with Gasteiger partial charge in [0, 0.05) is 55.0 Å². The molecule has 3 aromatic heterocycles. The lowest BCUT2D eigenvalue weighted by Gasteiger charge is -2.13. The summed E-state index contributed by atoms with van der Waals surface area (Å²) in [6.07, 6.45) is 4.85. The molecule has 0 bridgehead atoms. The van der Waals surface area contributed by atoms with Gasteiger partial charge in [0.2, 0.25) is 0 Å². The third-order valence-corrected chi connectivity index (χ3v) is 13.9. The first-order valence-corrected chi connectivity index (χ1v) is 22.8. The summed E-state index contributed by atoms with van der Waals surface area (Å²) in [7, 11) is 0. The summed E-state index contributed by atoms with van der Waals surface area (Å²) in [6.45, 7) is 0. The van der Waals surface area contributed by atoms with E-state index >= 15 is 0 Å². The normalized spacial score (nSPS) is 15.4. The maximum atomic E-state index is 5.25. The van der Waals surface area contributed by atoms with Crippen LogP contribution < -0.4 is 10.6 Å². The average molecular weight is 851 g/mol. The van der Waals surface area contributed by atoms with Crippen LogP contribution in [0.2, 0.25) is 0 Å². The number of aliphatic imine (C=N–C) groups is 1. The standard InChI is InChI=1S/C58H38N6S/c1-5-16-37(17-6-1)55-60-56(38-18-7-2-8-19-38)62-57(61-55)42-22-15-25-44(32-42)64-50-27-14-13-26-45(50)46-33-40(28-30-51(46)64)41-29-31-52-47(34-41)48-35-54-49(59-58(65-54)39-20-9-3-10-21-39)36-53(48)63(52)43-23-11-4-12-24-43/h1-36,49,54H. The van der Waals surface area contributed by atoms with Crippen LogP contribution in [0.1, 0.15) is 5.56 Å². The fourth-order valence-electron chi connectivity index (χ4n) is 9.61. The number of fused-ring (bicyclic) bond motifs is 7. The third-order valence-electron chi connectivity index (χ3n) is 12.7. The fourth-order valence-corrected chi connectivity index (χ4v) is 10.8. The molecule has 306 valence electrons. The van der Waals surface area contributed by atoms with Crippen molar-refractivity contribution in [3.8, 4) is 56.7 Å². The van der Waals surface area contributed by atoms with E-state index < -0.39 is 0 Å². The van der Waals surface area contributed by atoms with Crippen LogP contribution in [-0.2, 0) is 0 Å². The van der Waals surface area contributed by atoms with Gasteiger partial charge in [0.1, 0.15) is 0 Å². The van der Waals surface area contributed by atoms with Crippen molar-refractivity contribution in [2.75, 3.05) is 0 Å². The van der Waals surface area contributed by atoms with Crippen LogP contribution in [0.15, 0.2) is 211 Å². The van der Waals surface area contributed by atoms with Gasteiger partial charge in [-0.15, -0.1) is 0 Å². The largest absolute Gasteiger partial charge is 0.310 e. The van der Waals surface area contributed by atoms with Gasteiger partial charge in [-0.2, -0.15) is 0 Å². The smallest absolute Gasteiger partial charge is 0.164 e. The second kappa shape index (κ2) is 15.3. The fraction of sp³-hybridized carbons (Fsp3) is 0.0345. The van der Waals surface area contributed by atoms with Gasteiger partial charge < -0.3 is 9.13 Å². The first-order chi connectivity index (χ1) is 32.2. The first kappa shape index (κ1) is 37.4. The minimum absolute atomic E-state index is 0.0742. The first-order valence-electron chi connectivity index (χ1n) is 21.9. The van der Waals surface area contributed by atoms with Crippen LogP contribution in [0.25, 0.3) is 102 Å². The van der Waals surface area contributed by atoms with E-state index in [2.05, 4.69) is 167 Å². The average Bonchev–Trinajstić information content (AvgIpc) is 4.06. The molecule has 0 radical (unpaired) electrons. The summed E-state index contributed by atoms with van der Waals surface area (Å²) in [5.74, 6) is 1.91. The maximum absolute atomic E-state index is 5.25.